The molecule has 0 saturated carbocycles. The minimum Gasteiger partial charge on any atom is -0.354 e. The molecule has 0 radical (unpaired) electrons. The Morgan fingerprint density at radius 1 is 0.818 bits per heavy atom. The predicted octanol–water partition coefficient (Wildman–Crippen LogP) is 6.26. The molecule has 0 saturated heterocycles. The number of carbonyl (C=O) groups excluding carboxylic acids is 2. The molecule has 0 heterocycles. The zero-order valence-electron chi connectivity index (χ0n) is 25.2. The topological polar surface area (TPSA) is 86.8 Å². The first kappa shape index (κ1) is 32.8. The predicted molar refractivity (Wildman–Crippen MR) is 176 cm³/mol. The maximum absolute atomic E-state index is 14.5. The van der Waals surface area contributed by atoms with Crippen LogP contribution in [-0.4, -0.2) is 44.3 Å². The van der Waals surface area contributed by atoms with Crippen LogP contribution in [0, 0.1) is 12.8 Å². The number of benzene rings is 4. The molecule has 0 aromatic heterocycles. The first-order valence-electron chi connectivity index (χ1n) is 14.5. The Bertz CT molecular complexity index is 1650. The summed E-state index contributed by atoms with van der Waals surface area (Å²) in [5.41, 5.74) is 2.61. The van der Waals surface area contributed by atoms with Crippen LogP contribution in [0.1, 0.15) is 30.5 Å². The van der Waals surface area contributed by atoms with E-state index in [9.17, 15) is 18.0 Å². The molecule has 44 heavy (non-hydrogen) atoms. The average molecular weight is 632 g/mol. The van der Waals surface area contributed by atoms with Gasteiger partial charge in [0.2, 0.25) is 11.8 Å². The van der Waals surface area contributed by atoms with E-state index in [1.165, 1.54) is 17.0 Å². The van der Waals surface area contributed by atoms with Gasteiger partial charge in [-0.2, -0.15) is 0 Å². The summed E-state index contributed by atoms with van der Waals surface area (Å²) >= 11 is 6.34. The first-order valence-corrected chi connectivity index (χ1v) is 16.4. The molecular weight excluding hydrogens is 594 g/mol. The molecule has 0 fully saturated rings. The third-order valence-electron chi connectivity index (χ3n) is 7.20. The molecular formula is C35H38ClN3O4S. The van der Waals surface area contributed by atoms with E-state index in [-0.39, 0.29) is 29.7 Å². The molecule has 7 nitrogen and oxygen atoms in total. The summed E-state index contributed by atoms with van der Waals surface area (Å²) in [5, 5.41) is 3.33. The average Bonchev–Trinajstić information content (AvgIpc) is 3.03. The fourth-order valence-corrected chi connectivity index (χ4v) is 6.50. The van der Waals surface area contributed by atoms with Crippen molar-refractivity contribution < 1.29 is 18.0 Å². The molecule has 1 atom stereocenters. The maximum atomic E-state index is 14.5. The van der Waals surface area contributed by atoms with Crippen LogP contribution < -0.4 is 9.62 Å². The van der Waals surface area contributed by atoms with Crippen molar-refractivity contribution >= 4 is 39.1 Å². The molecule has 0 spiro atoms. The van der Waals surface area contributed by atoms with Gasteiger partial charge in [-0.05, 0) is 53.8 Å². The van der Waals surface area contributed by atoms with E-state index in [2.05, 4.69) is 5.32 Å². The highest BCUT2D eigenvalue weighted by Gasteiger charge is 2.35. The van der Waals surface area contributed by atoms with Crippen molar-refractivity contribution in [1.82, 2.24) is 10.2 Å². The van der Waals surface area contributed by atoms with Crippen LogP contribution >= 0.6 is 11.6 Å². The lowest BCUT2D eigenvalue weighted by Crippen LogP contribution is -2.53. The van der Waals surface area contributed by atoms with E-state index in [0.717, 1.165) is 15.4 Å². The lowest BCUT2D eigenvalue weighted by molar-refractivity contribution is -0.140. The molecule has 0 aliphatic rings. The van der Waals surface area contributed by atoms with Crippen LogP contribution in [0.4, 0.5) is 5.69 Å². The highest BCUT2D eigenvalue weighted by atomic mass is 35.5. The smallest absolute Gasteiger partial charge is 0.264 e. The lowest BCUT2D eigenvalue weighted by atomic mass is 10.0. The number of anilines is 1. The Morgan fingerprint density at radius 2 is 1.39 bits per heavy atom. The highest BCUT2D eigenvalue weighted by molar-refractivity contribution is 7.92. The molecule has 1 unspecified atom stereocenters. The van der Waals surface area contributed by atoms with Gasteiger partial charge in [0.15, 0.2) is 0 Å². The van der Waals surface area contributed by atoms with Crippen molar-refractivity contribution in [2.75, 3.05) is 17.4 Å². The highest BCUT2D eigenvalue weighted by Crippen LogP contribution is 2.30. The zero-order chi connectivity index (χ0) is 31.7. The Balaban J connectivity index is 1.81. The Kier molecular flexibility index (Phi) is 11.2. The quantitative estimate of drug-likeness (QED) is 0.189. The number of hydrogen-bond donors (Lipinski definition) is 1. The molecule has 9 heteroatoms. The van der Waals surface area contributed by atoms with Crippen molar-refractivity contribution in [1.29, 1.82) is 0 Å². The summed E-state index contributed by atoms with van der Waals surface area (Å²) in [4.78, 5) is 29.8. The Hall–Kier alpha value is -4.14. The summed E-state index contributed by atoms with van der Waals surface area (Å²) < 4.78 is 29.3. The minimum atomic E-state index is -4.19. The van der Waals surface area contributed by atoms with E-state index >= 15 is 0 Å². The summed E-state index contributed by atoms with van der Waals surface area (Å²) in [7, 11) is -4.19. The summed E-state index contributed by atoms with van der Waals surface area (Å²) in [6, 6.07) is 30.9. The minimum absolute atomic E-state index is 0.0392. The molecule has 1 N–H and O–H groups in total. The van der Waals surface area contributed by atoms with Crippen LogP contribution in [0.3, 0.4) is 0 Å². The summed E-state index contributed by atoms with van der Waals surface area (Å²) in [6.07, 6.45) is 0.255. The molecule has 4 aromatic rings. The Morgan fingerprint density at radius 3 is 1.98 bits per heavy atom. The van der Waals surface area contributed by atoms with Gasteiger partial charge in [-0.25, -0.2) is 8.42 Å². The number of nitrogens with zero attached hydrogens (tertiary/aromatic N) is 2. The molecule has 4 rings (SSSR count). The fraction of sp³-hybridized carbons (Fsp3) is 0.257. The van der Waals surface area contributed by atoms with Gasteiger partial charge in [-0.3, -0.25) is 13.9 Å². The summed E-state index contributed by atoms with van der Waals surface area (Å²) in [5.74, 6) is -0.622. The second-order valence-corrected chi connectivity index (χ2v) is 13.4. The van der Waals surface area contributed by atoms with Crippen molar-refractivity contribution in [3.63, 3.8) is 0 Å². The molecule has 2 amide bonds. The molecule has 0 aliphatic carbocycles. The van der Waals surface area contributed by atoms with Crippen LogP contribution in [0.15, 0.2) is 114 Å². The van der Waals surface area contributed by atoms with Gasteiger partial charge in [0.1, 0.15) is 12.6 Å². The molecule has 0 bridgehead atoms. The van der Waals surface area contributed by atoms with Gasteiger partial charge < -0.3 is 10.2 Å². The number of amides is 2. The number of halogens is 1. The largest absolute Gasteiger partial charge is 0.354 e. The number of aryl methyl sites for hydroxylation is 1. The van der Waals surface area contributed by atoms with Crippen molar-refractivity contribution in [2.45, 2.75) is 44.7 Å². The first-order chi connectivity index (χ1) is 21.1. The second kappa shape index (κ2) is 15.0. The van der Waals surface area contributed by atoms with Gasteiger partial charge in [0.25, 0.3) is 10.0 Å². The number of carbonyl (C=O) groups is 2. The van der Waals surface area contributed by atoms with E-state index in [0.29, 0.717) is 22.8 Å². The van der Waals surface area contributed by atoms with Crippen LogP contribution in [0.5, 0.6) is 0 Å². The van der Waals surface area contributed by atoms with E-state index in [4.69, 9.17) is 11.6 Å². The molecule has 4 aromatic carbocycles. The van der Waals surface area contributed by atoms with Gasteiger partial charge in [-0.1, -0.05) is 110 Å². The standard InChI is InChI=1S/C35H38ClN3O4S/c1-26(2)23-37-35(41)33(21-28-13-7-4-8-14-28)38(24-29-15-9-5-10-16-29)34(40)25-39(32-22-30(36)20-19-27(32)3)44(42,43)31-17-11-6-12-18-31/h4-20,22,26,33H,21,23-25H2,1-3H3,(H,37,41). The SMILES string of the molecule is Cc1ccc(Cl)cc1N(CC(=O)N(Cc1ccccc1)C(Cc1ccccc1)C(=O)NCC(C)C)S(=O)(=O)c1ccccc1. The van der Waals surface area contributed by atoms with Crippen LogP contribution in [0.25, 0.3) is 0 Å². The number of nitrogens with one attached hydrogen (secondary N) is 1. The van der Waals surface area contributed by atoms with E-state index in [1.54, 1.807) is 43.3 Å². The van der Waals surface area contributed by atoms with E-state index in [1.807, 2.05) is 74.5 Å². The van der Waals surface area contributed by atoms with Crippen LogP contribution in [0.2, 0.25) is 5.02 Å². The van der Waals surface area contributed by atoms with Gasteiger partial charge in [0, 0.05) is 24.5 Å². The number of sulfonamides is 1. The maximum Gasteiger partial charge on any atom is 0.264 e. The normalized spacial score (nSPS) is 12.0. The summed E-state index contributed by atoms with van der Waals surface area (Å²) in [6.45, 7) is 5.78. The van der Waals surface area contributed by atoms with Crippen LogP contribution in [-0.2, 0) is 32.6 Å². The van der Waals surface area contributed by atoms with Gasteiger partial charge in [0.05, 0.1) is 10.6 Å². The van der Waals surface area contributed by atoms with Crippen molar-refractivity contribution in [2.24, 2.45) is 5.92 Å². The fourth-order valence-electron chi connectivity index (χ4n) is 4.84. The van der Waals surface area contributed by atoms with E-state index < -0.39 is 28.5 Å². The molecule has 230 valence electrons. The van der Waals surface area contributed by atoms with Gasteiger partial charge >= 0.3 is 0 Å². The second-order valence-electron chi connectivity index (χ2n) is 11.1. The Labute approximate surface area is 265 Å². The van der Waals surface area contributed by atoms with Crippen molar-refractivity contribution in [3.8, 4) is 0 Å². The van der Waals surface area contributed by atoms with Crippen molar-refractivity contribution in [3.05, 3.63) is 131 Å². The lowest BCUT2D eigenvalue weighted by Gasteiger charge is -2.34. The molecule has 0 aliphatic heterocycles. The third-order valence-corrected chi connectivity index (χ3v) is 9.21. The zero-order valence-corrected chi connectivity index (χ0v) is 26.8. The third kappa shape index (κ3) is 8.49. The monoisotopic (exact) mass is 631 g/mol. The van der Waals surface area contributed by atoms with Gasteiger partial charge in [-0.15, -0.1) is 0 Å². The number of hydrogen-bond acceptors (Lipinski definition) is 4. The number of rotatable bonds is 13.